The first-order valence-electron chi connectivity index (χ1n) is 6.79. The van der Waals surface area contributed by atoms with Crippen LogP contribution in [0.5, 0.6) is 5.75 Å². The molecule has 2 N–H and O–H groups in total. The summed E-state index contributed by atoms with van der Waals surface area (Å²) in [7, 11) is 0. The summed E-state index contributed by atoms with van der Waals surface area (Å²) in [6, 6.07) is 7.29. The average Bonchev–Trinajstić information content (AvgIpc) is 2.91. The summed E-state index contributed by atoms with van der Waals surface area (Å²) in [4.78, 5) is 23.5. The van der Waals surface area contributed by atoms with Gasteiger partial charge in [-0.25, -0.2) is 4.79 Å². The zero-order valence-electron chi connectivity index (χ0n) is 12.1. The molecule has 0 aliphatic carbocycles. The number of hydrogen-bond donors (Lipinski definition) is 2. The Hall–Kier alpha value is -2.08. The molecule has 1 heterocycles. The predicted molar refractivity (Wildman–Crippen MR) is 75.2 cm³/mol. The molecule has 6 heteroatoms. The number of carboxylic acid groups (broad SMARTS) is 1. The van der Waals surface area contributed by atoms with Crippen LogP contribution in [0.1, 0.15) is 18.9 Å². The number of carbonyl (C=O) groups excluding carboxylic acids is 1. The van der Waals surface area contributed by atoms with E-state index in [4.69, 9.17) is 9.47 Å². The highest BCUT2D eigenvalue weighted by molar-refractivity contribution is 5.89. The van der Waals surface area contributed by atoms with E-state index in [0.717, 1.165) is 5.56 Å². The molecule has 2 rings (SSSR count). The quantitative estimate of drug-likeness (QED) is 0.850. The number of rotatable bonds is 5. The summed E-state index contributed by atoms with van der Waals surface area (Å²) in [6.07, 6.45) is -0.532. The molecular formula is C15H19NO5. The predicted octanol–water partition coefficient (Wildman–Crippen LogP) is 1.12. The van der Waals surface area contributed by atoms with Crippen molar-refractivity contribution >= 4 is 11.9 Å². The molecule has 114 valence electrons. The third-order valence-electron chi connectivity index (χ3n) is 3.50. The Morgan fingerprint density at radius 3 is 2.57 bits per heavy atom. The van der Waals surface area contributed by atoms with E-state index in [-0.39, 0.29) is 13.0 Å². The van der Waals surface area contributed by atoms with E-state index in [2.05, 4.69) is 5.32 Å². The number of aliphatic carboxylic acids is 1. The largest absolute Gasteiger partial charge is 0.481 e. The van der Waals surface area contributed by atoms with Gasteiger partial charge in [0.05, 0.1) is 6.61 Å². The molecule has 0 spiro atoms. The number of carbonyl (C=O) groups is 2. The summed E-state index contributed by atoms with van der Waals surface area (Å²) in [5.74, 6) is -0.991. The molecule has 21 heavy (non-hydrogen) atoms. The number of aryl methyl sites for hydroxylation is 1. The first kappa shape index (κ1) is 15.3. The SMILES string of the molecule is Cc1ccc(OC(C)C(=O)NC2(C(=O)O)CCOC2)cc1. The van der Waals surface area contributed by atoms with Crippen molar-refractivity contribution < 1.29 is 24.2 Å². The second kappa shape index (κ2) is 6.13. The standard InChI is InChI=1S/C15H19NO5/c1-10-3-5-12(6-4-10)21-11(2)13(17)16-15(14(18)19)7-8-20-9-15/h3-6,11H,7-9H2,1-2H3,(H,16,17)(H,18,19). The summed E-state index contributed by atoms with van der Waals surface area (Å²) in [5, 5.41) is 11.8. The monoisotopic (exact) mass is 293 g/mol. The van der Waals surface area contributed by atoms with E-state index >= 15 is 0 Å². The number of nitrogens with one attached hydrogen (secondary N) is 1. The van der Waals surface area contributed by atoms with Crippen LogP contribution in [-0.4, -0.2) is 41.8 Å². The molecule has 0 radical (unpaired) electrons. The Bertz CT molecular complexity index is 519. The van der Waals surface area contributed by atoms with E-state index < -0.39 is 23.5 Å². The average molecular weight is 293 g/mol. The van der Waals surface area contributed by atoms with Crippen LogP contribution >= 0.6 is 0 Å². The Balaban J connectivity index is 1.99. The van der Waals surface area contributed by atoms with Gasteiger partial charge in [0.2, 0.25) is 0 Å². The van der Waals surface area contributed by atoms with Crippen LogP contribution in [0.3, 0.4) is 0 Å². The van der Waals surface area contributed by atoms with Gasteiger partial charge >= 0.3 is 5.97 Å². The van der Waals surface area contributed by atoms with Crippen molar-refractivity contribution in [1.82, 2.24) is 5.32 Å². The molecule has 1 aromatic carbocycles. The maximum Gasteiger partial charge on any atom is 0.331 e. The van der Waals surface area contributed by atoms with Gasteiger partial charge in [0.15, 0.2) is 11.6 Å². The molecular weight excluding hydrogens is 274 g/mol. The first-order valence-corrected chi connectivity index (χ1v) is 6.79. The van der Waals surface area contributed by atoms with E-state index in [1.165, 1.54) is 0 Å². The van der Waals surface area contributed by atoms with Gasteiger partial charge in [-0.1, -0.05) is 17.7 Å². The van der Waals surface area contributed by atoms with E-state index in [0.29, 0.717) is 12.4 Å². The van der Waals surface area contributed by atoms with Gasteiger partial charge < -0.3 is 19.9 Å². The minimum atomic E-state index is -1.35. The van der Waals surface area contributed by atoms with Crippen LogP contribution in [0.4, 0.5) is 0 Å². The van der Waals surface area contributed by atoms with Gasteiger partial charge in [-0.3, -0.25) is 4.79 Å². The lowest BCUT2D eigenvalue weighted by Gasteiger charge is -2.25. The minimum absolute atomic E-state index is 0.0225. The highest BCUT2D eigenvalue weighted by Gasteiger charge is 2.44. The molecule has 0 aromatic heterocycles. The van der Waals surface area contributed by atoms with Gasteiger partial charge in [0.25, 0.3) is 5.91 Å². The summed E-state index contributed by atoms with van der Waals surface area (Å²) in [6.45, 7) is 3.84. The van der Waals surface area contributed by atoms with Crippen molar-refractivity contribution in [3.05, 3.63) is 29.8 Å². The van der Waals surface area contributed by atoms with Crippen molar-refractivity contribution in [2.24, 2.45) is 0 Å². The molecule has 2 unspecified atom stereocenters. The third-order valence-corrected chi connectivity index (χ3v) is 3.50. The lowest BCUT2D eigenvalue weighted by Crippen LogP contribution is -2.57. The lowest BCUT2D eigenvalue weighted by molar-refractivity contribution is -0.148. The van der Waals surface area contributed by atoms with Crippen molar-refractivity contribution in [1.29, 1.82) is 0 Å². The maximum absolute atomic E-state index is 12.1. The Morgan fingerprint density at radius 2 is 2.05 bits per heavy atom. The van der Waals surface area contributed by atoms with Crippen LogP contribution in [0.25, 0.3) is 0 Å². The number of hydrogen-bond acceptors (Lipinski definition) is 4. The molecule has 0 bridgehead atoms. The van der Waals surface area contributed by atoms with Crippen LogP contribution in [0, 0.1) is 6.92 Å². The normalized spacial score (nSPS) is 22.6. The highest BCUT2D eigenvalue weighted by Crippen LogP contribution is 2.20. The Morgan fingerprint density at radius 1 is 1.38 bits per heavy atom. The minimum Gasteiger partial charge on any atom is -0.481 e. The molecule has 6 nitrogen and oxygen atoms in total. The highest BCUT2D eigenvalue weighted by atomic mass is 16.5. The third kappa shape index (κ3) is 3.52. The summed E-state index contributed by atoms with van der Waals surface area (Å²) < 4.78 is 10.6. The van der Waals surface area contributed by atoms with Crippen LogP contribution in [0.2, 0.25) is 0 Å². The van der Waals surface area contributed by atoms with Crippen LogP contribution < -0.4 is 10.1 Å². The van der Waals surface area contributed by atoms with E-state index in [9.17, 15) is 14.7 Å². The fourth-order valence-corrected chi connectivity index (χ4v) is 2.10. The topological polar surface area (TPSA) is 84.9 Å². The zero-order valence-corrected chi connectivity index (χ0v) is 12.1. The second-order valence-corrected chi connectivity index (χ2v) is 5.25. The fourth-order valence-electron chi connectivity index (χ4n) is 2.10. The number of amides is 1. The summed E-state index contributed by atoms with van der Waals surface area (Å²) in [5.41, 5.74) is -0.255. The van der Waals surface area contributed by atoms with Crippen molar-refractivity contribution in [2.45, 2.75) is 31.9 Å². The van der Waals surface area contributed by atoms with Gasteiger partial charge in [-0.2, -0.15) is 0 Å². The van der Waals surface area contributed by atoms with Crippen molar-refractivity contribution in [3.8, 4) is 5.75 Å². The van der Waals surface area contributed by atoms with E-state index in [1.807, 2.05) is 19.1 Å². The van der Waals surface area contributed by atoms with Crippen molar-refractivity contribution in [2.75, 3.05) is 13.2 Å². The Labute approximate surface area is 123 Å². The Kier molecular flexibility index (Phi) is 4.47. The summed E-state index contributed by atoms with van der Waals surface area (Å²) >= 11 is 0. The van der Waals surface area contributed by atoms with Gasteiger partial charge in [-0.15, -0.1) is 0 Å². The number of ether oxygens (including phenoxy) is 2. The lowest BCUT2D eigenvalue weighted by atomic mass is 9.98. The molecule has 1 saturated heterocycles. The number of carboxylic acids is 1. The molecule has 1 aliphatic rings. The van der Waals surface area contributed by atoms with Crippen LogP contribution in [0.15, 0.2) is 24.3 Å². The molecule has 0 saturated carbocycles. The van der Waals surface area contributed by atoms with Gasteiger partial charge in [-0.05, 0) is 26.0 Å². The van der Waals surface area contributed by atoms with Crippen molar-refractivity contribution in [3.63, 3.8) is 0 Å². The molecule has 1 fully saturated rings. The molecule has 2 atom stereocenters. The van der Waals surface area contributed by atoms with E-state index in [1.54, 1.807) is 19.1 Å². The first-order chi connectivity index (χ1) is 9.93. The van der Waals surface area contributed by atoms with Crippen LogP contribution in [-0.2, 0) is 14.3 Å². The van der Waals surface area contributed by atoms with Gasteiger partial charge in [0, 0.05) is 13.0 Å². The molecule has 1 amide bonds. The van der Waals surface area contributed by atoms with Gasteiger partial charge in [0.1, 0.15) is 5.75 Å². The fraction of sp³-hybridized carbons (Fsp3) is 0.467. The maximum atomic E-state index is 12.1. The second-order valence-electron chi connectivity index (χ2n) is 5.25. The number of benzene rings is 1. The molecule has 1 aliphatic heterocycles. The molecule has 1 aromatic rings. The zero-order chi connectivity index (χ0) is 15.5. The smallest absolute Gasteiger partial charge is 0.331 e.